The lowest BCUT2D eigenvalue weighted by atomic mass is 9.97. The molecule has 0 saturated heterocycles. The number of hydrogen-bond acceptors (Lipinski definition) is 3. The fraction of sp³-hybridized carbons (Fsp3) is 0.562. The summed E-state index contributed by atoms with van der Waals surface area (Å²) in [6.07, 6.45) is 3.68. The molecule has 0 radical (unpaired) electrons. The molecule has 0 aliphatic heterocycles. The largest absolute Gasteiger partial charge is 0.389 e. The molecule has 0 atom stereocenters. The maximum absolute atomic E-state index is 12.1. The average molecular weight is 276 g/mol. The number of amides is 1. The third kappa shape index (κ3) is 3.51. The second kappa shape index (κ2) is 6.27. The lowest BCUT2D eigenvalue weighted by Crippen LogP contribution is -2.31. The number of para-hydroxylation sites is 2. The van der Waals surface area contributed by atoms with Gasteiger partial charge in [-0.15, -0.1) is 0 Å². The van der Waals surface area contributed by atoms with E-state index < -0.39 is 5.60 Å². The highest BCUT2D eigenvalue weighted by atomic mass is 16.3. The molecule has 1 aliphatic rings. The predicted molar refractivity (Wildman–Crippen MR) is 82.1 cm³/mol. The van der Waals surface area contributed by atoms with E-state index in [-0.39, 0.29) is 12.3 Å². The first kappa shape index (κ1) is 14.9. The normalized spacial score (nSPS) is 16.9. The van der Waals surface area contributed by atoms with E-state index in [0.29, 0.717) is 0 Å². The summed E-state index contributed by atoms with van der Waals surface area (Å²) in [7, 11) is 2.00. The van der Waals surface area contributed by atoms with Gasteiger partial charge in [0.05, 0.1) is 23.4 Å². The van der Waals surface area contributed by atoms with Crippen molar-refractivity contribution in [2.45, 2.75) is 44.6 Å². The molecule has 1 saturated carbocycles. The van der Waals surface area contributed by atoms with Crippen LogP contribution in [0, 0.1) is 0 Å². The van der Waals surface area contributed by atoms with Gasteiger partial charge in [0, 0.05) is 13.6 Å². The van der Waals surface area contributed by atoms with Crippen molar-refractivity contribution in [1.29, 1.82) is 0 Å². The summed E-state index contributed by atoms with van der Waals surface area (Å²) < 4.78 is 0. The number of nitrogens with one attached hydrogen (secondary N) is 1. The van der Waals surface area contributed by atoms with Gasteiger partial charge in [-0.2, -0.15) is 0 Å². The first-order valence-electron chi connectivity index (χ1n) is 7.36. The van der Waals surface area contributed by atoms with Gasteiger partial charge in [-0.3, -0.25) is 4.79 Å². The molecular formula is C16H24N2O2. The van der Waals surface area contributed by atoms with Crippen LogP contribution in [0.3, 0.4) is 0 Å². The van der Waals surface area contributed by atoms with E-state index in [0.717, 1.165) is 43.6 Å². The number of rotatable bonds is 5. The van der Waals surface area contributed by atoms with Crippen molar-refractivity contribution in [3.05, 3.63) is 24.3 Å². The molecule has 1 aromatic rings. The second-order valence-electron chi connectivity index (χ2n) is 5.69. The zero-order chi connectivity index (χ0) is 14.6. The zero-order valence-corrected chi connectivity index (χ0v) is 12.4. The number of benzene rings is 1. The topological polar surface area (TPSA) is 52.6 Å². The van der Waals surface area contributed by atoms with Crippen LogP contribution in [0.15, 0.2) is 24.3 Å². The minimum Gasteiger partial charge on any atom is -0.389 e. The maximum atomic E-state index is 12.1. The molecule has 1 amide bonds. The summed E-state index contributed by atoms with van der Waals surface area (Å²) in [5, 5.41) is 13.2. The Morgan fingerprint density at radius 3 is 2.65 bits per heavy atom. The summed E-state index contributed by atoms with van der Waals surface area (Å²) in [6, 6.07) is 7.76. The van der Waals surface area contributed by atoms with Crippen LogP contribution in [0.25, 0.3) is 0 Å². The maximum Gasteiger partial charge on any atom is 0.227 e. The van der Waals surface area contributed by atoms with Gasteiger partial charge in [0.1, 0.15) is 0 Å². The van der Waals surface area contributed by atoms with Gasteiger partial charge in [-0.05, 0) is 31.9 Å². The van der Waals surface area contributed by atoms with Crippen LogP contribution >= 0.6 is 0 Å². The van der Waals surface area contributed by atoms with Crippen molar-refractivity contribution in [3.63, 3.8) is 0 Å². The van der Waals surface area contributed by atoms with E-state index in [9.17, 15) is 9.90 Å². The van der Waals surface area contributed by atoms with E-state index >= 15 is 0 Å². The number of hydrogen-bond donors (Lipinski definition) is 2. The monoisotopic (exact) mass is 276 g/mol. The number of aliphatic hydroxyl groups is 1. The Labute approximate surface area is 120 Å². The fourth-order valence-corrected chi connectivity index (χ4v) is 2.79. The molecule has 4 heteroatoms. The number of carbonyl (C=O) groups is 1. The third-order valence-electron chi connectivity index (χ3n) is 4.09. The Hall–Kier alpha value is -1.55. The summed E-state index contributed by atoms with van der Waals surface area (Å²) in [5.74, 6) is -0.105. The van der Waals surface area contributed by atoms with E-state index in [1.165, 1.54) is 0 Å². The molecule has 2 rings (SSSR count). The molecule has 0 spiro atoms. The molecule has 2 N–H and O–H groups in total. The van der Waals surface area contributed by atoms with Gasteiger partial charge in [0.15, 0.2) is 0 Å². The summed E-state index contributed by atoms with van der Waals surface area (Å²) in [5.41, 5.74) is 1.01. The van der Waals surface area contributed by atoms with Gasteiger partial charge >= 0.3 is 0 Å². The molecule has 1 aromatic carbocycles. The Balaban J connectivity index is 2.04. The minimum atomic E-state index is -0.796. The first-order valence-corrected chi connectivity index (χ1v) is 7.36. The van der Waals surface area contributed by atoms with Gasteiger partial charge in [0.2, 0.25) is 5.91 Å². The molecule has 4 nitrogen and oxygen atoms in total. The third-order valence-corrected chi connectivity index (χ3v) is 4.09. The van der Waals surface area contributed by atoms with Crippen LogP contribution in [-0.2, 0) is 4.79 Å². The van der Waals surface area contributed by atoms with Crippen LogP contribution in [-0.4, -0.2) is 30.2 Å². The van der Waals surface area contributed by atoms with Crippen molar-refractivity contribution in [2.75, 3.05) is 23.8 Å². The lowest BCUT2D eigenvalue weighted by molar-refractivity contribution is -0.120. The van der Waals surface area contributed by atoms with Crippen LogP contribution < -0.4 is 10.2 Å². The highest BCUT2D eigenvalue weighted by Gasteiger charge is 2.33. The molecular weight excluding hydrogens is 252 g/mol. The van der Waals surface area contributed by atoms with Crippen LogP contribution in [0.1, 0.15) is 39.0 Å². The Morgan fingerprint density at radius 1 is 1.35 bits per heavy atom. The Kier molecular flexibility index (Phi) is 4.65. The van der Waals surface area contributed by atoms with E-state index in [2.05, 4.69) is 17.1 Å². The van der Waals surface area contributed by atoms with Gasteiger partial charge in [-0.1, -0.05) is 25.0 Å². The van der Waals surface area contributed by atoms with Crippen LogP contribution in [0.5, 0.6) is 0 Å². The smallest absolute Gasteiger partial charge is 0.227 e. The van der Waals surface area contributed by atoms with E-state index in [4.69, 9.17) is 0 Å². The minimum absolute atomic E-state index is 0.105. The second-order valence-corrected chi connectivity index (χ2v) is 5.69. The molecule has 0 heterocycles. The molecule has 0 aromatic heterocycles. The highest BCUT2D eigenvalue weighted by molar-refractivity contribution is 5.94. The van der Waals surface area contributed by atoms with Crippen molar-refractivity contribution >= 4 is 17.3 Å². The standard InChI is InChI=1S/C16H24N2O2/c1-3-18(2)14-9-5-4-8-13(14)17-15(19)12-16(20)10-6-7-11-16/h4-5,8-9,20H,3,6-7,10-12H2,1-2H3,(H,17,19). The lowest BCUT2D eigenvalue weighted by Gasteiger charge is -2.23. The summed E-state index contributed by atoms with van der Waals surface area (Å²) >= 11 is 0. The SMILES string of the molecule is CCN(C)c1ccccc1NC(=O)CC1(O)CCCC1. The van der Waals surface area contributed by atoms with Crippen LogP contribution in [0.4, 0.5) is 11.4 Å². The van der Waals surface area contributed by atoms with E-state index in [1.807, 2.05) is 31.3 Å². The highest BCUT2D eigenvalue weighted by Crippen LogP contribution is 2.33. The Morgan fingerprint density at radius 2 is 2.00 bits per heavy atom. The van der Waals surface area contributed by atoms with Gasteiger partial charge in [0.25, 0.3) is 0 Å². The predicted octanol–water partition coefficient (Wildman–Crippen LogP) is 2.78. The quantitative estimate of drug-likeness (QED) is 0.869. The number of anilines is 2. The Bertz CT molecular complexity index is 467. The molecule has 0 unspecified atom stereocenters. The molecule has 20 heavy (non-hydrogen) atoms. The van der Waals surface area contributed by atoms with Crippen molar-refractivity contribution in [1.82, 2.24) is 0 Å². The van der Waals surface area contributed by atoms with E-state index in [1.54, 1.807) is 0 Å². The zero-order valence-electron chi connectivity index (χ0n) is 12.4. The van der Waals surface area contributed by atoms with Crippen molar-refractivity contribution in [2.24, 2.45) is 0 Å². The summed E-state index contributed by atoms with van der Waals surface area (Å²) in [4.78, 5) is 14.2. The summed E-state index contributed by atoms with van der Waals surface area (Å²) in [6.45, 7) is 2.94. The average Bonchev–Trinajstić information content (AvgIpc) is 2.84. The first-order chi connectivity index (χ1) is 9.54. The fourth-order valence-electron chi connectivity index (χ4n) is 2.79. The molecule has 0 bridgehead atoms. The van der Waals surface area contributed by atoms with Gasteiger partial charge < -0.3 is 15.3 Å². The number of carbonyl (C=O) groups excluding carboxylic acids is 1. The number of nitrogens with zero attached hydrogens (tertiary/aromatic N) is 1. The molecule has 1 fully saturated rings. The van der Waals surface area contributed by atoms with Crippen molar-refractivity contribution < 1.29 is 9.90 Å². The molecule has 110 valence electrons. The van der Waals surface area contributed by atoms with Crippen molar-refractivity contribution in [3.8, 4) is 0 Å². The molecule has 1 aliphatic carbocycles. The van der Waals surface area contributed by atoms with Gasteiger partial charge in [-0.25, -0.2) is 0 Å². The van der Waals surface area contributed by atoms with Crippen LogP contribution in [0.2, 0.25) is 0 Å².